The molecule has 3 heteroatoms. The monoisotopic (exact) mass is 222 g/mol. The minimum Gasteiger partial charge on any atom is -0.322 e. The molecule has 0 aliphatic carbocycles. The van der Waals surface area contributed by atoms with Crippen molar-refractivity contribution >= 4 is 0 Å². The first-order chi connectivity index (χ1) is 7.03. The van der Waals surface area contributed by atoms with Gasteiger partial charge in [-0.1, -0.05) is 41.5 Å². The summed E-state index contributed by atoms with van der Waals surface area (Å²) < 4.78 is 0. The van der Waals surface area contributed by atoms with Gasteiger partial charge in [0.15, 0.2) is 0 Å². The number of aromatic nitrogens is 2. The van der Waals surface area contributed by atoms with Crippen molar-refractivity contribution in [3.05, 3.63) is 27.4 Å². The Bertz CT molecular complexity index is 444. The zero-order valence-electron chi connectivity index (χ0n) is 11.4. The molecule has 1 aromatic rings. The summed E-state index contributed by atoms with van der Waals surface area (Å²) in [6.07, 6.45) is 0. The van der Waals surface area contributed by atoms with Gasteiger partial charge in [-0.15, -0.1) is 0 Å². The van der Waals surface area contributed by atoms with Gasteiger partial charge < -0.3 is 4.98 Å². The van der Waals surface area contributed by atoms with Gasteiger partial charge >= 0.3 is 0 Å². The predicted molar refractivity (Wildman–Crippen MR) is 67.0 cm³/mol. The lowest BCUT2D eigenvalue weighted by molar-refractivity contribution is 0.526. The zero-order chi connectivity index (χ0) is 12.7. The van der Waals surface area contributed by atoms with Crippen molar-refractivity contribution in [1.29, 1.82) is 0 Å². The lowest BCUT2D eigenvalue weighted by atomic mass is 9.88. The molecular formula is C13H22N2O. The van der Waals surface area contributed by atoms with E-state index in [-0.39, 0.29) is 16.4 Å². The van der Waals surface area contributed by atoms with Crippen molar-refractivity contribution in [3.63, 3.8) is 0 Å². The van der Waals surface area contributed by atoms with Crippen LogP contribution in [0.4, 0.5) is 0 Å². The van der Waals surface area contributed by atoms with Crippen molar-refractivity contribution < 1.29 is 0 Å². The zero-order valence-corrected chi connectivity index (χ0v) is 11.4. The molecule has 90 valence electrons. The van der Waals surface area contributed by atoms with E-state index >= 15 is 0 Å². The standard InChI is InChI=1S/C13H22N2O/c1-8-9(12(2,3)4)15-11(16)10(14-8)13(5,6)7/h1-7H3,(H,15,16). The van der Waals surface area contributed by atoms with Gasteiger partial charge in [-0.3, -0.25) is 9.78 Å². The maximum absolute atomic E-state index is 12.0. The van der Waals surface area contributed by atoms with Gasteiger partial charge in [0.05, 0.1) is 5.69 Å². The molecule has 1 rings (SSSR count). The van der Waals surface area contributed by atoms with Crippen molar-refractivity contribution in [1.82, 2.24) is 9.97 Å². The van der Waals surface area contributed by atoms with E-state index in [0.29, 0.717) is 5.69 Å². The largest absolute Gasteiger partial charge is 0.322 e. The Hall–Kier alpha value is -1.12. The lowest BCUT2D eigenvalue weighted by Gasteiger charge is -2.23. The molecule has 0 saturated heterocycles. The molecule has 16 heavy (non-hydrogen) atoms. The maximum atomic E-state index is 12.0. The van der Waals surface area contributed by atoms with E-state index < -0.39 is 0 Å². The van der Waals surface area contributed by atoms with Gasteiger partial charge in [-0.05, 0) is 6.92 Å². The van der Waals surface area contributed by atoms with E-state index in [2.05, 4.69) is 30.7 Å². The van der Waals surface area contributed by atoms with Gasteiger partial charge in [0.1, 0.15) is 5.69 Å². The highest BCUT2D eigenvalue weighted by atomic mass is 16.1. The van der Waals surface area contributed by atoms with Gasteiger partial charge in [0, 0.05) is 16.5 Å². The van der Waals surface area contributed by atoms with Crippen LogP contribution in [0.1, 0.15) is 58.6 Å². The van der Waals surface area contributed by atoms with Crippen molar-refractivity contribution in [2.45, 2.75) is 59.3 Å². The lowest BCUT2D eigenvalue weighted by Crippen LogP contribution is -2.31. The van der Waals surface area contributed by atoms with Crippen molar-refractivity contribution in [2.24, 2.45) is 0 Å². The third-order valence-electron chi connectivity index (χ3n) is 2.56. The van der Waals surface area contributed by atoms with Crippen LogP contribution in [0.2, 0.25) is 0 Å². The quantitative estimate of drug-likeness (QED) is 0.733. The van der Waals surface area contributed by atoms with E-state index in [1.54, 1.807) is 0 Å². The number of nitrogens with one attached hydrogen (secondary N) is 1. The van der Waals surface area contributed by atoms with Crippen LogP contribution in [0.3, 0.4) is 0 Å². The molecule has 3 nitrogen and oxygen atoms in total. The van der Waals surface area contributed by atoms with Crippen LogP contribution in [-0.2, 0) is 10.8 Å². The van der Waals surface area contributed by atoms with Crippen molar-refractivity contribution in [2.75, 3.05) is 0 Å². The third-order valence-corrected chi connectivity index (χ3v) is 2.56. The molecule has 0 amide bonds. The topological polar surface area (TPSA) is 45.8 Å². The Labute approximate surface area is 97.3 Å². The van der Waals surface area contributed by atoms with Crippen molar-refractivity contribution in [3.8, 4) is 0 Å². The molecule has 0 unspecified atom stereocenters. The molecule has 0 saturated carbocycles. The molecule has 1 N–H and O–H groups in total. The fourth-order valence-electron chi connectivity index (χ4n) is 1.78. The second-order valence-corrected chi connectivity index (χ2v) is 6.37. The van der Waals surface area contributed by atoms with Crippen LogP contribution in [0.5, 0.6) is 0 Å². The number of hydrogen-bond acceptors (Lipinski definition) is 2. The first-order valence-electron chi connectivity index (χ1n) is 5.65. The first-order valence-corrected chi connectivity index (χ1v) is 5.65. The molecular weight excluding hydrogens is 200 g/mol. The summed E-state index contributed by atoms with van der Waals surface area (Å²) >= 11 is 0. The summed E-state index contributed by atoms with van der Waals surface area (Å²) in [5, 5.41) is 0. The number of H-pyrrole nitrogens is 1. The third kappa shape index (κ3) is 2.52. The summed E-state index contributed by atoms with van der Waals surface area (Å²) in [4.78, 5) is 19.4. The molecule has 1 heterocycles. The second kappa shape index (κ2) is 3.72. The first kappa shape index (κ1) is 12.9. The highest BCUT2D eigenvalue weighted by Crippen LogP contribution is 2.23. The highest BCUT2D eigenvalue weighted by molar-refractivity contribution is 5.22. The smallest absolute Gasteiger partial charge is 0.270 e. The van der Waals surface area contributed by atoms with E-state index in [1.165, 1.54) is 0 Å². The molecule has 0 radical (unpaired) electrons. The van der Waals surface area contributed by atoms with E-state index in [9.17, 15) is 4.79 Å². The number of nitrogens with zero attached hydrogens (tertiary/aromatic N) is 1. The van der Waals surface area contributed by atoms with Gasteiger partial charge in [-0.2, -0.15) is 0 Å². The molecule has 1 aromatic heterocycles. The van der Waals surface area contributed by atoms with Gasteiger partial charge in [-0.25, -0.2) is 0 Å². The van der Waals surface area contributed by atoms with E-state index in [0.717, 1.165) is 11.4 Å². The summed E-state index contributed by atoms with van der Waals surface area (Å²) in [5.74, 6) is 0. The SMILES string of the molecule is Cc1nc(C(C)(C)C)c(=O)[nH]c1C(C)(C)C. The Balaban J connectivity index is 3.46. The Morgan fingerprint density at radius 3 is 1.88 bits per heavy atom. The van der Waals surface area contributed by atoms with Crippen LogP contribution in [-0.4, -0.2) is 9.97 Å². The number of aromatic amines is 1. The van der Waals surface area contributed by atoms with Crippen LogP contribution in [0.25, 0.3) is 0 Å². The molecule has 0 atom stereocenters. The molecule has 0 aromatic carbocycles. The van der Waals surface area contributed by atoms with Crippen LogP contribution in [0, 0.1) is 6.92 Å². The summed E-state index contributed by atoms with van der Waals surface area (Å²) in [7, 11) is 0. The van der Waals surface area contributed by atoms with Gasteiger partial charge in [0.2, 0.25) is 0 Å². The fraction of sp³-hybridized carbons (Fsp3) is 0.692. The molecule has 0 aliphatic rings. The molecule has 0 bridgehead atoms. The molecule has 0 spiro atoms. The highest BCUT2D eigenvalue weighted by Gasteiger charge is 2.24. The normalized spacial score (nSPS) is 12.9. The Morgan fingerprint density at radius 2 is 1.50 bits per heavy atom. The minimum atomic E-state index is -0.214. The molecule has 0 fully saturated rings. The van der Waals surface area contributed by atoms with Gasteiger partial charge in [0.25, 0.3) is 5.56 Å². The number of aryl methyl sites for hydroxylation is 1. The van der Waals surface area contributed by atoms with Crippen LogP contribution in [0.15, 0.2) is 4.79 Å². The van der Waals surface area contributed by atoms with Crippen LogP contribution < -0.4 is 5.56 Å². The average Bonchev–Trinajstić information content (AvgIpc) is 2.04. The van der Waals surface area contributed by atoms with E-state index in [4.69, 9.17) is 0 Å². The second-order valence-electron chi connectivity index (χ2n) is 6.37. The Morgan fingerprint density at radius 1 is 1.00 bits per heavy atom. The van der Waals surface area contributed by atoms with E-state index in [1.807, 2.05) is 27.7 Å². The Kier molecular flexibility index (Phi) is 3.01. The van der Waals surface area contributed by atoms with Crippen LogP contribution >= 0.6 is 0 Å². The summed E-state index contributed by atoms with van der Waals surface area (Å²) in [5.41, 5.74) is 2.09. The average molecular weight is 222 g/mol. The fourth-order valence-corrected chi connectivity index (χ4v) is 1.78. The molecule has 0 aliphatic heterocycles. The maximum Gasteiger partial charge on any atom is 0.270 e. The number of hydrogen-bond donors (Lipinski definition) is 1. The summed E-state index contributed by atoms with van der Waals surface area (Å²) in [6, 6.07) is 0. The minimum absolute atomic E-state index is 0.0666. The predicted octanol–water partition coefficient (Wildman–Crippen LogP) is 2.67. The number of rotatable bonds is 0. The summed E-state index contributed by atoms with van der Waals surface area (Å²) in [6.45, 7) is 14.2.